The van der Waals surface area contributed by atoms with Crippen LogP contribution in [0.15, 0.2) is 0 Å². The van der Waals surface area contributed by atoms with Crippen molar-refractivity contribution in [2.45, 2.75) is 124 Å². The fourth-order valence-corrected chi connectivity index (χ4v) is 3.04. The Labute approximate surface area is 166 Å². The van der Waals surface area contributed by atoms with E-state index in [4.69, 9.17) is 0 Å². The first-order valence-electron chi connectivity index (χ1n) is 9.81. The molecule has 1 heteroatoms. The van der Waals surface area contributed by atoms with Crippen LogP contribution >= 0.6 is 0 Å². The largest absolute Gasteiger partial charge is 0.0654 e. The first-order chi connectivity index (χ1) is 9.81. The molecule has 0 amide bonds. The summed E-state index contributed by atoms with van der Waals surface area (Å²) in [6.07, 6.45) is 23.3. The Morgan fingerprint density at radius 3 is 1.10 bits per heavy atom. The molecule has 0 aliphatic rings. The van der Waals surface area contributed by atoms with Crippen LogP contribution in [0.1, 0.15) is 124 Å². The van der Waals surface area contributed by atoms with E-state index in [1.165, 1.54) is 103 Å². The van der Waals surface area contributed by atoms with Crippen LogP contribution in [-0.2, 0) is 0 Å². The number of hydrogen-bond donors (Lipinski definition) is 0. The molecule has 0 aliphatic heterocycles. The standard InChI is InChI=1S/C20H42.Ar/c1-4-6-8-10-12-13-15-17-19-20(3)18-16-14-11-9-7-5-2;/h20H,4-19H2,1-3H3;. The molecule has 0 aromatic carbocycles. The van der Waals surface area contributed by atoms with Crippen molar-refractivity contribution in [3.05, 3.63) is 0 Å². The van der Waals surface area contributed by atoms with E-state index >= 15 is 0 Å². The Morgan fingerprint density at radius 1 is 0.476 bits per heavy atom. The van der Waals surface area contributed by atoms with Gasteiger partial charge in [-0.2, -0.15) is 0 Å². The molecule has 130 valence electrons. The molecular formula is C20H42Ar. The van der Waals surface area contributed by atoms with E-state index in [0.717, 1.165) is 5.92 Å². The average Bonchev–Trinajstić information content (AvgIpc) is 2.45. The third kappa shape index (κ3) is 21.3. The molecule has 0 rings (SSSR count). The Balaban J connectivity index is 0. The molecular weight excluding hydrogens is 280 g/mol. The Hall–Kier alpha value is 1.26. The zero-order chi connectivity index (χ0) is 14.9. The molecule has 0 aromatic rings. The molecule has 0 aliphatic carbocycles. The summed E-state index contributed by atoms with van der Waals surface area (Å²) in [7, 11) is 0. The fourth-order valence-electron chi connectivity index (χ4n) is 3.04. The maximum Gasteiger partial charge on any atom is 0 e. The van der Waals surface area contributed by atoms with Crippen molar-refractivity contribution >= 4 is 0 Å². The SMILES string of the molecule is CCCCCCCCCCC(C)CCCCCCCC.[Ar]. The molecule has 21 heavy (non-hydrogen) atoms. The van der Waals surface area contributed by atoms with Gasteiger partial charge in [0.2, 0.25) is 0 Å². The Bertz CT molecular complexity index is 167. The molecule has 0 N–H and O–H groups in total. The smallest absolute Gasteiger partial charge is 0 e. The maximum atomic E-state index is 2.47. The molecule has 0 aromatic heterocycles. The van der Waals surface area contributed by atoms with Crippen molar-refractivity contribution in [3.8, 4) is 0 Å². The maximum absolute atomic E-state index is 2.47. The molecule has 1 unspecified atom stereocenters. The zero-order valence-electron chi connectivity index (χ0n) is 15.2. The summed E-state index contributed by atoms with van der Waals surface area (Å²) in [5.74, 6) is 0.973. The minimum Gasteiger partial charge on any atom is -0.0654 e. The van der Waals surface area contributed by atoms with E-state index in [9.17, 15) is 0 Å². The van der Waals surface area contributed by atoms with Gasteiger partial charge in [0.05, 0.1) is 0 Å². The second-order valence-corrected chi connectivity index (χ2v) is 6.93. The van der Waals surface area contributed by atoms with Gasteiger partial charge in [-0.3, -0.25) is 0 Å². The van der Waals surface area contributed by atoms with E-state index in [1.54, 1.807) is 0 Å². The van der Waals surface area contributed by atoms with Crippen molar-refractivity contribution in [2.75, 3.05) is 0 Å². The van der Waals surface area contributed by atoms with E-state index in [1.807, 2.05) is 0 Å². The van der Waals surface area contributed by atoms with Crippen LogP contribution in [-0.4, -0.2) is 0 Å². The Morgan fingerprint density at radius 2 is 0.762 bits per heavy atom. The number of hydrogen-bond acceptors (Lipinski definition) is 0. The summed E-state index contributed by atoms with van der Waals surface area (Å²) >= 11 is 0. The molecule has 0 saturated heterocycles. The second-order valence-electron chi connectivity index (χ2n) is 6.93. The third-order valence-electron chi connectivity index (χ3n) is 4.60. The van der Waals surface area contributed by atoms with Gasteiger partial charge >= 0.3 is 0 Å². The first-order valence-corrected chi connectivity index (χ1v) is 9.81. The molecule has 0 radical (unpaired) electrons. The summed E-state index contributed by atoms with van der Waals surface area (Å²) in [5.41, 5.74) is 0. The quantitative estimate of drug-likeness (QED) is 0.253. The molecule has 0 nitrogen and oxygen atoms in total. The van der Waals surface area contributed by atoms with Crippen molar-refractivity contribution in [3.63, 3.8) is 0 Å². The van der Waals surface area contributed by atoms with Gasteiger partial charge in [-0.25, -0.2) is 0 Å². The molecule has 0 spiro atoms. The molecule has 0 bridgehead atoms. The van der Waals surface area contributed by atoms with Crippen LogP contribution in [0.5, 0.6) is 0 Å². The van der Waals surface area contributed by atoms with Gasteiger partial charge in [-0.05, 0) is 5.92 Å². The van der Waals surface area contributed by atoms with Gasteiger partial charge in [0, 0.05) is 37.7 Å². The Kier molecular flexibility index (Phi) is 24.8. The van der Waals surface area contributed by atoms with Crippen molar-refractivity contribution < 1.29 is 37.7 Å². The molecule has 0 saturated carbocycles. The number of rotatable bonds is 16. The normalized spacial score (nSPS) is 12.1. The van der Waals surface area contributed by atoms with Crippen LogP contribution in [0, 0.1) is 43.7 Å². The minimum atomic E-state index is 0. The van der Waals surface area contributed by atoms with Crippen LogP contribution in [0.2, 0.25) is 0 Å². The van der Waals surface area contributed by atoms with E-state index in [0.29, 0.717) is 0 Å². The van der Waals surface area contributed by atoms with E-state index < -0.39 is 0 Å². The van der Waals surface area contributed by atoms with Gasteiger partial charge in [0.1, 0.15) is 0 Å². The first kappa shape index (κ1) is 24.5. The van der Waals surface area contributed by atoms with Crippen LogP contribution in [0.25, 0.3) is 0 Å². The number of unbranched alkanes of at least 4 members (excludes halogenated alkanes) is 12. The van der Waals surface area contributed by atoms with Crippen LogP contribution in [0.3, 0.4) is 0 Å². The van der Waals surface area contributed by atoms with Gasteiger partial charge in [0.15, 0.2) is 0 Å². The van der Waals surface area contributed by atoms with Crippen LogP contribution in [0.4, 0.5) is 0 Å². The van der Waals surface area contributed by atoms with Gasteiger partial charge < -0.3 is 0 Å². The summed E-state index contributed by atoms with van der Waals surface area (Å²) in [6.45, 7) is 7.06. The van der Waals surface area contributed by atoms with E-state index in [2.05, 4.69) is 20.8 Å². The molecule has 0 heterocycles. The molecule has 1 atom stereocenters. The summed E-state index contributed by atoms with van der Waals surface area (Å²) in [5, 5.41) is 0. The van der Waals surface area contributed by atoms with Crippen LogP contribution < -0.4 is 0 Å². The van der Waals surface area contributed by atoms with Crippen molar-refractivity contribution in [1.82, 2.24) is 0 Å². The fraction of sp³-hybridized carbons (Fsp3) is 1.00. The average molecular weight is 323 g/mol. The van der Waals surface area contributed by atoms with Gasteiger partial charge in [-0.1, -0.05) is 124 Å². The van der Waals surface area contributed by atoms with Gasteiger partial charge in [0.25, 0.3) is 0 Å². The van der Waals surface area contributed by atoms with Crippen molar-refractivity contribution in [1.29, 1.82) is 0 Å². The zero-order valence-corrected chi connectivity index (χ0v) is 16.0. The van der Waals surface area contributed by atoms with Gasteiger partial charge in [-0.15, -0.1) is 0 Å². The summed E-state index contributed by atoms with van der Waals surface area (Å²) < 4.78 is 0. The summed E-state index contributed by atoms with van der Waals surface area (Å²) in [4.78, 5) is 0. The predicted molar refractivity (Wildman–Crippen MR) is 94.4 cm³/mol. The minimum absolute atomic E-state index is 0. The second kappa shape index (κ2) is 21.3. The topological polar surface area (TPSA) is 0 Å². The third-order valence-corrected chi connectivity index (χ3v) is 4.60. The monoisotopic (exact) mass is 322 g/mol. The summed E-state index contributed by atoms with van der Waals surface area (Å²) in [6, 6.07) is 0. The predicted octanol–water partition coefficient (Wildman–Crippen LogP) is 7.90. The molecule has 0 fully saturated rings. The van der Waals surface area contributed by atoms with Crippen molar-refractivity contribution in [2.24, 2.45) is 5.92 Å². The van der Waals surface area contributed by atoms with E-state index in [-0.39, 0.29) is 37.7 Å².